The van der Waals surface area contributed by atoms with Gasteiger partial charge < -0.3 is 4.90 Å². The fraction of sp³-hybridized carbons (Fsp3) is 0.200. The van der Waals surface area contributed by atoms with Crippen LogP contribution in [0, 0.1) is 0 Å². The van der Waals surface area contributed by atoms with Crippen molar-refractivity contribution in [3.63, 3.8) is 0 Å². The Kier molecular flexibility index (Phi) is 5.35. The predicted octanol–water partition coefficient (Wildman–Crippen LogP) is 7.56. The molecule has 1 nitrogen and oxygen atoms in total. The van der Waals surface area contributed by atoms with Crippen molar-refractivity contribution < 1.29 is 0 Å². The lowest BCUT2D eigenvalue weighted by molar-refractivity contribution is 0.956. The molecule has 0 N–H and O–H groups in total. The molecule has 3 aromatic carbocycles. The molecule has 0 bridgehead atoms. The standard InChI is InChI=1S/C25H25NS/c1-3-23-24(4-2)27-18-26(23)25-21(19-12-7-5-8-13-19)16-11-17-22(25)20-14-9-6-10-15-20/h5-17H,3-4,18H2,1-2H3. The first-order chi connectivity index (χ1) is 13.3. The molecule has 0 amide bonds. The summed E-state index contributed by atoms with van der Waals surface area (Å²) < 4.78 is 0. The zero-order chi connectivity index (χ0) is 18.6. The van der Waals surface area contributed by atoms with E-state index in [0.29, 0.717) is 0 Å². The first kappa shape index (κ1) is 17.9. The molecule has 0 spiro atoms. The number of allylic oxidation sites excluding steroid dienone is 2. The third-order valence-corrected chi connectivity index (χ3v) is 6.41. The number of hydrogen-bond acceptors (Lipinski definition) is 2. The number of hydrogen-bond donors (Lipinski definition) is 0. The van der Waals surface area contributed by atoms with Gasteiger partial charge in [0.15, 0.2) is 0 Å². The third-order valence-electron chi connectivity index (χ3n) is 5.15. The van der Waals surface area contributed by atoms with Crippen molar-refractivity contribution in [1.29, 1.82) is 0 Å². The third kappa shape index (κ3) is 3.42. The number of anilines is 1. The molecule has 0 aliphatic carbocycles. The van der Waals surface area contributed by atoms with Gasteiger partial charge in [0.05, 0.1) is 11.6 Å². The zero-order valence-electron chi connectivity index (χ0n) is 16.0. The van der Waals surface area contributed by atoms with E-state index in [0.717, 1.165) is 18.7 Å². The van der Waals surface area contributed by atoms with Crippen LogP contribution in [0.4, 0.5) is 5.69 Å². The van der Waals surface area contributed by atoms with Crippen LogP contribution in [0.5, 0.6) is 0 Å². The number of nitrogens with zero attached hydrogens (tertiary/aromatic N) is 1. The second kappa shape index (κ2) is 8.06. The van der Waals surface area contributed by atoms with Crippen LogP contribution in [0.1, 0.15) is 26.7 Å². The van der Waals surface area contributed by atoms with Gasteiger partial charge in [-0.2, -0.15) is 0 Å². The monoisotopic (exact) mass is 371 g/mol. The Bertz CT molecular complexity index is 887. The molecule has 4 rings (SSSR count). The molecule has 0 saturated heterocycles. The Hall–Kier alpha value is -2.45. The minimum absolute atomic E-state index is 0.996. The second-order valence-corrected chi connectivity index (χ2v) is 7.75. The molecule has 1 aliphatic rings. The predicted molar refractivity (Wildman–Crippen MR) is 120 cm³/mol. The van der Waals surface area contributed by atoms with Gasteiger partial charge in [0.1, 0.15) is 0 Å². The van der Waals surface area contributed by atoms with Gasteiger partial charge in [0.2, 0.25) is 0 Å². The Morgan fingerprint density at radius 3 is 1.74 bits per heavy atom. The first-order valence-electron chi connectivity index (χ1n) is 9.69. The highest BCUT2D eigenvalue weighted by Crippen LogP contribution is 2.46. The SMILES string of the molecule is CCC1=C(CC)N(c2c(-c3ccccc3)cccc2-c2ccccc2)CS1. The summed E-state index contributed by atoms with van der Waals surface area (Å²) in [5.41, 5.74) is 7.97. The molecule has 136 valence electrons. The minimum Gasteiger partial charge on any atom is -0.333 e. The normalized spacial score (nSPS) is 14.1. The molecule has 0 aromatic heterocycles. The van der Waals surface area contributed by atoms with Crippen molar-refractivity contribution in [2.75, 3.05) is 10.8 Å². The van der Waals surface area contributed by atoms with Gasteiger partial charge in [-0.25, -0.2) is 0 Å². The van der Waals surface area contributed by atoms with E-state index >= 15 is 0 Å². The van der Waals surface area contributed by atoms with Crippen molar-refractivity contribution in [1.82, 2.24) is 0 Å². The summed E-state index contributed by atoms with van der Waals surface area (Å²) in [6.07, 6.45) is 2.17. The molecule has 0 radical (unpaired) electrons. The minimum atomic E-state index is 0.996. The number of thioether (sulfide) groups is 1. The maximum atomic E-state index is 2.55. The fourth-order valence-electron chi connectivity index (χ4n) is 3.88. The average Bonchev–Trinajstić information content (AvgIpc) is 3.17. The molecule has 1 heterocycles. The molecule has 0 fully saturated rings. The van der Waals surface area contributed by atoms with Crippen molar-refractivity contribution in [3.8, 4) is 22.3 Å². The van der Waals surface area contributed by atoms with Gasteiger partial charge in [-0.15, -0.1) is 11.8 Å². The summed E-state index contributed by atoms with van der Waals surface area (Å²) in [6.45, 7) is 4.54. The van der Waals surface area contributed by atoms with Crippen LogP contribution in [-0.4, -0.2) is 5.88 Å². The van der Waals surface area contributed by atoms with Gasteiger partial charge in [0, 0.05) is 21.7 Å². The van der Waals surface area contributed by atoms with Gasteiger partial charge in [-0.1, -0.05) is 92.7 Å². The molecule has 27 heavy (non-hydrogen) atoms. The van der Waals surface area contributed by atoms with Crippen LogP contribution >= 0.6 is 11.8 Å². The van der Waals surface area contributed by atoms with E-state index in [1.54, 1.807) is 0 Å². The summed E-state index contributed by atoms with van der Waals surface area (Å²) in [5, 5.41) is 0. The molecular weight excluding hydrogens is 346 g/mol. The summed E-state index contributed by atoms with van der Waals surface area (Å²) in [6, 6.07) is 28.3. The Morgan fingerprint density at radius 2 is 1.26 bits per heavy atom. The van der Waals surface area contributed by atoms with Crippen molar-refractivity contribution in [3.05, 3.63) is 89.5 Å². The van der Waals surface area contributed by atoms with Crippen molar-refractivity contribution in [2.24, 2.45) is 0 Å². The molecule has 2 heteroatoms. The highest BCUT2D eigenvalue weighted by Gasteiger charge is 2.26. The second-order valence-electron chi connectivity index (χ2n) is 6.71. The number of benzene rings is 3. The highest BCUT2D eigenvalue weighted by molar-refractivity contribution is 8.03. The summed E-state index contributed by atoms with van der Waals surface area (Å²) in [4.78, 5) is 4.08. The van der Waals surface area contributed by atoms with Crippen LogP contribution < -0.4 is 4.90 Å². The van der Waals surface area contributed by atoms with Crippen LogP contribution in [0.25, 0.3) is 22.3 Å². The largest absolute Gasteiger partial charge is 0.333 e. The quantitative estimate of drug-likeness (QED) is 0.455. The lowest BCUT2D eigenvalue weighted by atomic mass is 9.94. The lowest BCUT2D eigenvalue weighted by Crippen LogP contribution is -2.19. The Labute approximate surface area is 166 Å². The summed E-state index contributed by atoms with van der Waals surface area (Å²) in [7, 11) is 0. The molecule has 3 aromatic rings. The van der Waals surface area contributed by atoms with Crippen LogP contribution in [0.3, 0.4) is 0 Å². The molecule has 0 saturated carbocycles. The fourth-order valence-corrected chi connectivity index (χ4v) is 5.08. The molecule has 1 aliphatic heterocycles. The topological polar surface area (TPSA) is 3.24 Å². The van der Waals surface area contributed by atoms with Crippen molar-refractivity contribution >= 4 is 17.4 Å². The van der Waals surface area contributed by atoms with Crippen LogP contribution in [0.2, 0.25) is 0 Å². The van der Waals surface area contributed by atoms with E-state index in [1.165, 1.54) is 38.5 Å². The maximum absolute atomic E-state index is 2.55. The number of para-hydroxylation sites is 1. The Morgan fingerprint density at radius 1 is 0.704 bits per heavy atom. The van der Waals surface area contributed by atoms with Gasteiger partial charge in [-0.05, 0) is 24.0 Å². The van der Waals surface area contributed by atoms with E-state index in [4.69, 9.17) is 0 Å². The van der Waals surface area contributed by atoms with E-state index in [2.05, 4.69) is 97.6 Å². The van der Waals surface area contributed by atoms with E-state index in [1.807, 2.05) is 11.8 Å². The highest BCUT2D eigenvalue weighted by atomic mass is 32.2. The first-order valence-corrected chi connectivity index (χ1v) is 10.7. The molecular formula is C25H25NS. The van der Waals surface area contributed by atoms with Crippen LogP contribution in [0.15, 0.2) is 89.5 Å². The average molecular weight is 372 g/mol. The summed E-state index contributed by atoms with van der Waals surface area (Å²) in [5.74, 6) is 0.996. The van der Waals surface area contributed by atoms with Gasteiger partial charge >= 0.3 is 0 Å². The Balaban J connectivity index is 1.96. The maximum Gasteiger partial charge on any atom is 0.0729 e. The summed E-state index contributed by atoms with van der Waals surface area (Å²) >= 11 is 1.99. The van der Waals surface area contributed by atoms with E-state index in [9.17, 15) is 0 Å². The van der Waals surface area contributed by atoms with E-state index in [-0.39, 0.29) is 0 Å². The van der Waals surface area contributed by atoms with Gasteiger partial charge in [-0.3, -0.25) is 0 Å². The smallest absolute Gasteiger partial charge is 0.0729 e. The van der Waals surface area contributed by atoms with Crippen LogP contribution in [-0.2, 0) is 0 Å². The zero-order valence-corrected chi connectivity index (χ0v) is 16.8. The number of rotatable bonds is 5. The molecule has 0 atom stereocenters. The van der Waals surface area contributed by atoms with Crippen molar-refractivity contribution in [2.45, 2.75) is 26.7 Å². The lowest BCUT2D eigenvalue weighted by Gasteiger charge is -2.27. The molecule has 0 unspecified atom stereocenters. The van der Waals surface area contributed by atoms with E-state index < -0.39 is 0 Å². The van der Waals surface area contributed by atoms with Gasteiger partial charge in [0.25, 0.3) is 0 Å².